The molecule has 0 saturated carbocycles. The second-order valence-corrected chi connectivity index (χ2v) is 6.43. The van der Waals surface area contributed by atoms with Gasteiger partial charge in [0.05, 0.1) is 5.69 Å². The molecule has 1 heterocycles. The van der Waals surface area contributed by atoms with Crippen LogP contribution in [0.25, 0.3) is 0 Å². The molecule has 106 valence electrons. The Kier molecular flexibility index (Phi) is 4.29. The Balaban J connectivity index is 2.28. The molecule has 0 aromatic heterocycles. The molecule has 0 atom stereocenters. The normalized spacial score (nSPS) is 17.6. The van der Waals surface area contributed by atoms with Crippen LogP contribution in [0.5, 0.6) is 0 Å². The summed E-state index contributed by atoms with van der Waals surface area (Å²) in [6.07, 6.45) is 1.10. The summed E-state index contributed by atoms with van der Waals surface area (Å²) >= 11 is 5.71. The second-order valence-electron chi connectivity index (χ2n) is 4.32. The van der Waals surface area contributed by atoms with Gasteiger partial charge in [-0.15, -0.1) is 0 Å². The molecule has 1 aliphatic rings. The largest absolute Gasteiger partial charge is 0.396 e. The number of ether oxygens (including phenoxy) is 1. The molecule has 2 rings (SSSR count). The molecule has 1 aliphatic heterocycles. The third kappa shape index (κ3) is 3.36. The van der Waals surface area contributed by atoms with Crippen LogP contribution in [0.3, 0.4) is 0 Å². The van der Waals surface area contributed by atoms with Crippen LogP contribution in [-0.2, 0) is 14.8 Å². The molecule has 0 radical (unpaired) electrons. The van der Waals surface area contributed by atoms with Gasteiger partial charge in [0.15, 0.2) is 5.82 Å². The van der Waals surface area contributed by atoms with E-state index in [0.29, 0.717) is 26.1 Å². The van der Waals surface area contributed by atoms with E-state index in [0.717, 1.165) is 6.07 Å². The predicted molar refractivity (Wildman–Crippen MR) is 70.0 cm³/mol. The standard InChI is InChI=1S/C11H14ClFN2O3S/c12-7-5-9(14)11(13)10(6-7)19(16,17)15-8-1-3-18-4-2-8/h5-6,8,15H,1-4,14H2. The zero-order valence-electron chi connectivity index (χ0n) is 10.0. The molecule has 0 unspecified atom stereocenters. The van der Waals surface area contributed by atoms with Gasteiger partial charge in [-0.2, -0.15) is 0 Å². The van der Waals surface area contributed by atoms with E-state index < -0.39 is 20.7 Å². The van der Waals surface area contributed by atoms with Crippen LogP contribution >= 0.6 is 11.6 Å². The molecular weight excluding hydrogens is 295 g/mol. The number of hydrogen-bond acceptors (Lipinski definition) is 4. The Labute approximate surface area is 115 Å². The summed E-state index contributed by atoms with van der Waals surface area (Å²) in [7, 11) is -3.98. The van der Waals surface area contributed by atoms with Gasteiger partial charge >= 0.3 is 0 Å². The van der Waals surface area contributed by atoms with E-state index in [1.165, 1.54) is 6.07 Å². The number of nitrogen functional groups attached to an aromatic ring is 1. The lowest BCUT2D eigenvalue weighted by atomic mass is 10.1. The van der Waals surface area contributed by atoms with Crippen molar-refractivity contribution < 1.29 is 17.5 Å². The summed E-state index contributed by atoms with van der Waals surface area (Å²) in [5, 5.41) is 0.0752. The molecule has 1 saturated heterocycles. The SMILES string of the molecule is Nc1cc(Cl)cc(S(=O)(=O)NC2CCOCC2)c1F. The van der Waals surface area contributed by atoms with Gasteiger partial charge in [0, 0.05) is 24.3 Å². The fourth-order valence-corrected chi connectivity index (χ4v) is 3.61. The molecule has 0 amide bonds. The lowest BCUT2D eigenvalue weighted by molar-refractivity contribution is 0.0832. The Hall–Kier alpha value is -0.890. The van der Waals surface area contributed by atoms with Crippen molar-refractivity contribution in [1.82, 2.24) is 4.72 Å². The molecule has 3 N–H and O–H groups in total. The number of hydrogen-bond donors (Lipinski definition) is 2. The molecule has 1 aromatic rings. The van der Waals surface area contributed by atoms with Crippen molar-refractivity contribution in [3.05, 3.63) is 23.0 Å². The smallest absolute Gasteiger partial charge is 0.243 e. The fourth-order valence-electron chi connectivity index (χ4n) is 1.88. The Morgan fingerprint density at radius 1 is 1.37 bits per heavy atom. The van der Waals surface area contributed by atoms with E-state index in [4.69, 9.17) is 22.1 Å². The maximum Gasteiger partial charge on any atom is 0.243 e. The van der Waals surface area contributed by atoms with Crippen LogP contribution in [0.4, 0.5) is 10.1 Å². The number of rotatable bonds is 3. The maximum atomic E-state index is 13.8. The number of sulfonamides is 1. The highest BCUT2D eigenvalue weighted by atomic mass is 35.5. The summed E-state index contributed by atoms with van der Waals surface area (Å²) in [5.74, 6) is -0.982. The van der Waals surface area contributed by atoms with Gasteiger partial charge < -0.3 is 10.5 Å². The summed E-state index contributed by atoms with van der Waals surface area (Å²) in [6.45, 7) is 0.959. The van der Waals surface area contributed by atoms with Gasteiger partial charge in [-0.3, -0.25) is 0 Å². The van der Waals surface area contributed by atoms with Gasteiger partial charge in [-0.25, -0.2) is 17.5 Å². The van der Waals surface area contributed by atoms with Crippen molar-refractivity contribution in [2.75, 3.05) is 18.9 Å². The number of anilines is 1. The molecule has 0 bridgehead atoms. The third-order valence-electron chi connectivity index (χ3n) is 2.86. The first-order valence-electron chi connectivity index (χ1n) is 5.75. The van der Waals surface area contributed by atoms with Gasteiger partial charge in [-0.05, 0) is 25.0 Å². The highest BCUT2D eigenvalue weighted by molar-refractivity contribution is 7.89. The number of benzene rings is 1. The van der Waals surface area contributed by atoms with Crippen molar-refractivity contribution in [3.63, 3.8) is 0 Å². The topological polar surface area (TPSA) is 81.4 Å². The monoisotopic (exact) mass is 308 g/mol. The summed E-state index contributed by atoms with van der Waals surface area (Å²) < 4.78 is 45.6. The highest BCUT2D eigenvalue weighted by Crippen LogP contribution is 2.25. The summed E-state index contributed by atoms with van der Waals surface area (Å²) in [4.78, 5) is -0.524. The first-order chi connectivity index (χ1) is 8.90. The number of nitrogens with one attached hydrogen (secondary N) is 1. The van der Waals surface area contributed by atoms with Crippen LogP contribution in [-0.4, -0.2) is 27.7 Å². The minimum Gasteiger partial charge on any atom is -0.396 e. The molecular formula is C11H14ClFN2O3S. The van der Waals surface area contributed by atoms with E-state index in [1.54, 1.807) is 0 Å². The Morgan fingerprint density at radius 3 is 2.63 bits per heavy atom. The maximum absolute atomic E-state index is 13.8. The lowest BCUT2D eigenvalue weighted by Crippen LogP contribution is -2.39. The van der Waals surface area contributed by atoms with E-state index in [-0.39, 0.29) is 16.8 Å². The van der Waals surface area contributed by atoms with Crippen LogP contribution in [0.15, 0.2) is 17.0 Å². The van der Waals surface area contributed by atoms with E-state index >= 15 is 0 Å². The minimum atomic E-state index is -3.98. The quantitative estimate of drug-likeness (QED) is 0.830. The molecule has 8 heteroatoms. The van der Waals surface area contributed by atoms with E-state index in [9.17, 15) is 12.8 Å². The highest BCUT2D eigenvalue weighted by Gasteiger charge is 2.26. The molecule has 19 heavy (non-hydrogen) atoms. The Bertz CT molecular complexity index is 574. The molecule has 0 aliphatic carbocycles. The lowest BCUT2D eigenvalue weighted by Gasteiger charge is -2.23. The summed E-state index contributed by atoms with van der Waals surface area (Å²) in [5.41, 5.74) is 5.09. The van der Waals surface area contributed by atoms with Gasteiger partial charge in [0.2, 0.25) is 10.0 Å². The molecule has 5 nitrogen and oxygen atoms in total. The van der Waals surface area contributed by atoms with Crippen molar-refractivity contribution in [2.45, 2.75) is 23.8 Å². The number of halogens is 2. The van der Waals surface area contributed by atoms with Crippen molar-refractivity contribution in [2.24, 2.45) is 0 Å². The van der Waals surface area contributed by atoms with Crippen LogP contribution < -0.4 is 10.5 Å². The Morgan fingerprint density at radius 2 is 2.00 bits per heavy atom. The first-order valence-corrected chi connectivity index (χ1v) is 7.61. The van der Waals surface area contributed by atoms with E-state index in [1.807, 2.05) is 0 Å². The molecule has 1 aromatic carbocycles. The van der Waals surface area contributed by atoms with Crippen molar-refractivity contribution >= 4 is 27.3 Å². The zero-order chi connectivity index (χ0) is 14.0. The van der Waals surface area contributed by atoms with Crippen LogP contribution in [0.1, 0.15) is 12.8 Å². The average molecular weight is 309 g/mol. The van der Waals surface area contributed by atoms with Crippen LogP contribution in [0.2, 0.25) is 5.02 Å². The molecule has 0 spiro atoms. The molecule has 1 fully saturated rings. The van der Waals surface area contributed by atoms with Gasteiger partial charge in [0.25, 0.3) is 0 Å². The fraction of sp³-hybridized carbons (Fsp3) is 0.455. The van der Waals surface area contributed by atoms with Crippen LogP contribution in [0, 0.1) is 5.82 Å². The summed E-state index contributed by atoms with van der Waals surface area (Å²) in [6, 6.07) is 1.96. The van der Waals surface area contributed by atoms with Gasteiger partial charge in [-0.1, -0.05) is 11.6 Å². The number of nitrogens with two attached hydrogens (primary N) is 1. The third-order valence-corrected chi connectivity index (χ3v) is 4.60. The zero-order valence-corrected chi connectivity index (χ0v) is 11.6. The van der Waals surface area contributed by atoms with Crippen molar-refractivity contribution in [3.8, 4) is 0 Å². The second kappa shape index (κ2) is 5.62. The van der Waals surface area contributed by atoms with E-state index in [2.05, 4.69) is 4.72 Å². The van der Waals surface area contributed by atoms with Gasteiger partial charge in [0.1, 0.15) is 4.90 Å². The predicted octanol–water partition coefficient (Wildman–Crippen LogP) is 1.52. The van der Waals surface area contributed by atoms with Crippen molar-refractivity contribution in [1.29, 1.82) is 0 Å². The average Bonchev–Trinajstić information content (AvgIpc) is 2.34. The minimum absolute atomic E-state index is 0.0752. The first kappa shape index (κ1) is 14.5.